The molecule has 3 aromatic rings. The molecule has 2 aromatic carbocycles. The number of nitrogens with one attached hydrogen (secondary N) is 2. The number of anilines is 3. The second-order valence-corrected chi connectivity index (χ2v) is 6.31. The summed E-state index contributed by atoms with van der Waals surface area (Å²) >= 11 is 12.1. The second kappa shape index (κ2) is 7.55. The fraction of sp³-hybridized carbons (Fsp3) is 0.0526. The van der Waals surface area contributed by atoms with Crippen LogP contribution in [0.25, 0.3) is 0 Å². The van der Waals surface area contributed by atoms with E-state index in [2.05, 4.69) is 15.6 Å². The van der Waals surface area contributed by atoms with Crippen LogP contribution < -0.4 is 10.6 Å². The molecule has 0 saturated heterocycles. The fourth-order valence-corrected chi connectivity index (χ4v) is 2.67. The van der Waals surface area contributed by atoms with Crippen LogP contribution in [0.3, 0.4) is 0 Å². The van der Waals surface area contributed by atoms with Gasteiger partial charge in [-0.1, -0.05) is 35.3 Å². The van der Waals surface area contributed by atoms with Crippen LogP contribution in [-0.4, -0.2) is 10.9 Å². The van der Waals surface area contributed by atoms with Gasteiger partial charge in [0, 0.05) is 27.6 Å². The summed E-state index contributed by atoms with van der Waals surface area (Å²) in [6.45, 7) is 1.85. The summed E-state index contributed by atoms with van der Waals surface area (Å²) in [4.78, 5) is 16.6. The summed E-state index contributed by atoms with van der Waals surface area (Å²) in [5.41, 5.74) is 3.44. The van der Waals surface area contributed by atoms with E-state index < -0.39 is 0 Å². The van der Waals surface area contributed by atoms with Gasteiger partial charge >= 0.3 is 0 Å². The van der Waals surface area contributed by atoms with E-state index in [9.17, 15) is 4.79 Å². The monoisotopic (exact) mass is 371 g/mol. The Kier molecular flexibility index (Phi) is 5.22. The molecule has 2 N–H and O–H groups in total. The molecule has 0 saturated carbocycles. The van der Waals surface area contributed by atoms with Gasteiger partial charge in [-0.25, -0.2) is 0 Å². The number of carbonyl (C=O) groups excluding carboxylic acids is 1. The highest BCUT2D eigenvalue weighted by atomic mass is 35.5. The molecule has 3 rings (SSSR count). The molecule has 0 bridgehead atoms. The number of halogens is 2. The van der Waals surface area contributed by atoms with E-state index in [1.165, 1.54) is 6.20 Å². The molecule has 4 nitrogen and oxygen atoms in total. The Morgan fingerprint density at radius 3 is 2.60 bits per heavy atom. The summed E-state index contributed by atoms with van der Waals surface area (Å²) in [6.07, 6.45) is 3.15. The molecule has 1 aromatic heterocycles. The van der Waals surface area contributed by atoms with E-state index in [-0.39, 0.29) is 5.91 Å². The molecule has 1 heterocycles. The van der Waals surface area contributed by atoms with Gasteiger partial charge < -0.3 is 10.6 Å². The van der Waals surface area contributed by atoms with E-state index in [1.54, 1.807) is 42.6 Å². The number of hydrogen-bond donors (Lipinski definition) is 2. The maximum absolute atomic E-state index is 12.5. The zero-order chi connectivity index (χ0) is 17.8. The lowest BCUT2D eigenvalue weighted by Gasteiger charge is -2.11. The Labute approximate surface area is 155 Å². The molecular formula is C19H15Cl2N3O. The normalized spacial score (nSPS) is 10.4. The third-order valence-electron chi connectivity index (χ3n) is 3.63. The minimum Gasteiger partial charge on any atom is -0.354 e. The number of nitrogens with zero attached hydrogens (tertiary/aromatic N) is 1. The van der Waals surface area contributed by atoms with Gasteiger partial charge in [0.25, 0.3) is 5.91 Å². The molecule has 0 unspecified atom stereocenters. The maximum Gasteiger partial charge on any atom is 0.257 e. The Hall–Kier alpha value is -2.56. The number of carbonyl (C=O) groups is 1. The zero-order valence-corrected chi connectivity index (χ0v) is 14.9. The molecule has 126 valence electrons. The third kappa shape index (κ3) is 4.29. The fourth-order valence-electron chi connectivity index (χ4n) is 2.30. The third-order valence-corrected chi connectivity index (χ3v) is 4.27. The van der Waals surface area contributed by atoms with Crippen molar-refractivity contribution >= 4 is 46.2 Å². The van der Waals surface area contributed by atoms with Crippen molar-refractivity contribution < 1.29 is 4.79 Å². The van der Waals surface area contributed by atoms with E-state index in [1.807, 2.05) is 19.1 Å². The van der Waals surface area contributed by atoms with Crippen molar-refractivity contribution in [2.45, 2.75) is 6.92 Å². The van der Waals surface area contributed by atoms with Crippen molar-refractivity contribution in [3.05, 3.63) is 82.1 Å². The van der Waals surface area contributed by atoms with Crippen molar-refractivity contribution in [3.63, 3.8) is 0 Å². The minimum absolute atomic E-state index is 0.257. The first-order valence-electron chi connectivity index (χ1n) is 7.57. The minimum atomic E-state index is -0.257. The molecule has 0 aliphatic rings. The van der Waals surface area contributed by atoms with E-state index in [0.29, 0.717) is 27.0 Å². The number of amides is 1. The van der Waals surface area contributed by atoms with Crippen molar-refractivity contribution in [3.8, 4) is 0 Å². The Bertz CT molecular complexity index is 928. The molecule has 0 radical (unpaired) electrons. The summed E-state index contributed by atoms with van der Waals surface area (Å²) in [7, 11) is 0. The predicted molar refractivity (Wildman–Crippen MR) is 103 cm³/mol. The van der Waals surface area contributed by atoms with Crippen LogP contribution in [0.15, 0.2) is 60.9 Å². The average molecular weight is 372 g/mol. The first-order chi connectivity index (χ1) is 12.0. The van der Waals surface area contributed by atoms with Crippen LogP contribution in [0.2, 0.25) is 10.0 Å². The first-order valence-corrected chi connectivity index (χ1v) is 8.32. The van der Waals surface area contributed by atoms with Crippen LogP contribution in [0.5, 0.6) is 0 Å². The maximum atomic E-state index is 12.5. The van der Waals surface area contributed by atoms with Crippen LogP contribution >= 0.6 is 23.2 Å². The van der Waals surface area contributed by atoms with Crippen LogP contribution in [0.1, 0.15) is 15.9 Å². The largest absolute Gasteiger partial charge is 0.354 e. The van der Waals surface area contributed by atoms with Gasteiger partial charge in [0.05, 0.1) is 17.4 Å². The van der Waals surface area contributed by atoms with Crippen molar-refractivity contribution in [2.75, 3.05) is 10.6 Å². The number of hydrogen-bond acceptors (Lipinski definition) is 3. The van der Waals surface area contributed by atoms with Gasteiger partial charge in [0.2, 0.25) is 0 Å². The highest BCUT2D eigenvalue weighted by Gasteiger charge is 2.10. The molecule has 0 aliphatic carbocycles. The topological polar surface area (TPSA) is 54.0 Å². The summed E-state index contributed by atoms with van der Waals surface area (Å²) in [6, 6.07) is 14.4. The quantitative estimate of drug-likeness (QED) is 0.618. The van der Waals surface area contributed by atoms with Gasteiger partial charge in [-0.05, 0) is 48.9 Å². The second-order valence-electron chi connectivity index (χ2n) is 5.46. The summed E-state index contributed by atoms with van der Waals surface area (Å²) in [5, 5.41) is 7.26. The molecular weight excluding hydrogens is 357 g/mol. The Morgan fingerprint density at radius 2 is 1.80 bits per heavy atom. The predicted octanol–water partition coefficient (Wildman–Crippen LogP) is 5.69. The lowest BCUT2D eigenvalue weighted by molar-refractivity contribution is 0.102. The highest BCUT2D eigenvalue weighted by Crippen LogP contribution is 2.24. The number of benzene rings is 2. The van der Waals surface area contributed by atoms with Crippen LogP contribution in [-0.2, 0) is 0 Å². The van der Waals surface area contributed by atoms with Crippen molar-refractivity contribution in [1.29, 1.82) is 0 Å². The van der Waals surface area contributed by atoms with Gasteiger partial charge in [-0.3, -0.25) is 9.78 Å². The van der Waals surface area contributed by atoms with Crippen molar-refractivity contribution in [1.82, 2.24) is 4.98 Å². The van der Waals surface area contributed by atoms with Gasteiger partial charge in [0.15, 0.2) is 0 Å². The molecule has 0 atom stereocenters. The molecule has 0 spiro atoms. The highest BCUT2D eigenvalue weighted by molar-refractivity contribution is 6.32. The zero-order valence-electron chi connectivity index (χ0n) is 13.4. The van der Waals surface area contributed by atoms with Crippen LogP contribution in [0, 0.1) is 6.92 Å². The average Bonchev–Trinajstić information content (AvgIpc) is 2.59. The van der Waals surface area contributed by atoms with E-state index >= 15 is 0 Å². The number of pyridine rings is 1. The van der Waals surface area contributed by atoms with E-state index in [0.717, 1.165) is 11.3 Å². The van der Waals surface area contributed by atoms with Gasteiger partial charge in [-0.2, -0.15) is 0 Å². The molecule has 0 fully saturated rings. The van der Waals surface area contributed by atoms with E-state index in [4.69, 9.17) is 23.2 Å². The van der Waals surface area contributed by atoms with Gasteiger partial charge in [-0.15, -0.1) is 0 Å². The molecule has 0 aliphatic heterocycles. The van der Waals surface area contributed by atoms with Gasteiger partial charge in [0.1, 0.15) is 0 Å². The smallest absolute Gasteiger partial charge is 0.257 e. The SMILES string of the molecule is Cc1c(Cl)cccc1NC(=O)c1cncc(Nc2cccc(Cl)c2)c1. The number of aromatic nitrogens is 1. The Morgan fingerprint density at radius 1 is 1.00 bits per heavy atom. The number of rotatable bonds is 4. The molecule has 1 amide bonds. The first kappa shape index (κ1) is 17.3. The summed E-state index contributed by atoms with van der Waals surface area (Å²) < 4.78 is 0. The van der Waals surface area contributed by atoms with Crippen molar-refractivity contribution in [2.24, 2.45) is 0 Å². The standard InChI is InChI=1S/C19H15Cl2N3O/c1-12-17(21)6-3-7-18(12)24-19(25)13-8-16(11-22-10-13)23-15-5-2-4-14(20)9-15/h2-11,23H,1H3,(H,24,25). The lowest BCUT2D eigenvalue weighted by atomic mass is 10.2. The Balaban J connectivity index is 1.78. The summed E-state index contributed by atoms with van der Waals surface area (Å²) in [5.74, 6) is -0.257. The van der Waals surface area contributed by atoms with Crippen LogP contribution in [0.4, 0.5) is 17.1 Å². The lowest BCUT2D eigenvalue weighted by Crippen LogP contribution is -2.13. The molecule has 25 heavy (non-hydrogen) atoms. The molecule has 6 heteroatoms.